The molecule has 5 heteroatoms. The Morgan fingerprint density at radius 2 is 2.08 bits per heavy atom. The van der Waals surface area contributed by atoms with E-state index in [0.29, 0.717) is 6.54 Å². The molecule has 0 unspecified atom stereocenters. The lowest BCUT2D eigenvalue weighted by Gasteiger charge is -2.32. The predicted octanol–water partition coefficient (Wildman–Crippen LogP) is 4.09. The van der Waals surface area contributed by atoms with E-state index in [9.17, 15) is 9.59 Å². The number of rotatable bonds is 4. The molecule has 1 saturated heterocycles. The third kappa shape index (κ3) is 4.15. The Balaban J connectivity index is 1.64. The van der Waals surface area contributed by atoms with Gasteiger partial charge in [0.15, 0.2) is 0 Å². The Kier molecular flexibility index (Phi) is 5.77. The van der Waals surface area contributed by atoms with Crippen LogP contribution < -0.4 is 5.32 Å². The van der Waals surface area contributed by atoms with Crippen molar-refractivity contribution in [2.75, 3.05) is 13.1 Å². The number of hydrogen-bond acceptors (Lipinski definition) is 3. The highest BCUT2D eigenvalue weighted by Gasteiger charge is 2.30. The zero-order valence-electron chi connectivity index (χ0n) is 15.6. The van der Waals surface area contributed by atoms with Crippen LogP contribution in [0.15, 0.2) is 35.7 Å². The van der Waals surface area contributed by atoms with Crippen molar-refractivity contribution in [3.8, 4) is 0 Å². The molecule has 0 bridgehead atoms. The molecular formula is C21H26N2O2S. The lowest BCUT2D eigenvalue weighted by molar-refractivity contribution is -0.127. The van der Waals surface area contributed by atoms with E-state index in [4.69, 9.17) is 0 Å². The zero-order chi connectivity index (χ0) is 18.7. The van der Waals surface area contributed by atoms with Crippen molar-refractivity contribution in [3.05, 3.63) is 57.3 Å². The minimum atomic E-state index is -0.139. The Bertz CT molecular complexity index is 785. The summed E-state index contributed by atoms with van der Waals surface area (Å²) >= 11 is 1.45. The van der Waals surface area contributed by atoms with Crippen molar-refractivity contribution in [2.24, 2.45) is 5.92 Å². The largest absolute Gasteiger partial charge is 0.349 e. The third-order valence-electron chi connectivity index (χ3n) is 5.07. The van der Waals surface area contributed by atoms with Gasteiger partial charge < -0.3 is 10.2 Å². The summed E-state index contributed by atoms with van der Waals surface area (Å²) in [6, 6.07) is 10.0. The van der Waals surface area contributed by atoms with E-state index in [2.05, 4.69) is 37.4 Å². The van der Waals surface area contributed by atoms with Gasteiger partial charge in [-0.15, -0.1) is 11.3 Å². The summed E-state index contributed by atoms with van der Waals surface area (Å²) in [7, 11) is 0. The van der Waals surface area contributed by atoms with Crippen molar-refractivity contribution < 1.29 is 9.59 Å². The number of aryl methyl sites for hydroxylation is 2. The average Bonchev–Trinajstić information content (AvgIpc) is 3.17. The van der Waals surface area contributed by atoms with E-state index < -0.39 is 0 Å². The summed E-state index contributed by atoms with van der Waals surface area (Å²) in [5.41, 5.74) is 3.53. The van der Waals surface area contributed by atoms with Gasteiger partial charge in [-0.25, -0.2) is 0 Å². The second kappa shape index (κ2) is 8.04. The van der Waals surface area contributed by atoms with Gasteiger partial charge in [-0.3, -0.25) is 9.59 Å². The maximum Gasteiger partial charge on any atom is 0.263 e. The molecule has 0 aliphatic carbocycles. The average molecular weight is 371 g/mol. The van der Waals surface area contributed by atoms with Crippen molar-refractivity contribution in [1.29, 1.82) is 0 Å². The van der Waals surface area contributed by atoms with Crippen molar-refractivity contribution in [1.82, 2.24) is 10.2 Å². The van der Waals surface area contributed by atoms with Gasteiger partial charge >= 0.3 is 0 Å². The highest BCUT2D eigenvalue weighted by molar-refractivity contribution is 7.12. The molecule has 2 atom stereocenters. The Morgan fingerprint density at radius 3 is 2.81 bits per heavy atom. The lowest BCUT2D eigenvalue weighted by Crippen LogP contribution is -2.45. The number of nitrogens with zero attached hydrogens (tertiary/aromatic N) is 1. The summed E-state index contributed by atoms with van der Waals surface area (Å²) in [6.07, 6.45) is 1.70. The highest BCUT2D eigenvalue weighted by Crippen LogP contribution is 2.23. The molecule has 2 amide bonds. The first-order chi connectivity index (χ1) is 12.5. The summed E-state index contributed by atoms with van der Waals surface area (Å²) < 4.78 is 0. The fourth-order valence-electron chi connectivity index (χ4n) is 3.57. The Morgan fingerprint density at radius 1 is 1.27 bits per heavy atom. The first-order valence-corrected chi connectivity index (χ1v) is 10.0. The minimum absolute atomic E-state index is 0.0363. The fraction of sp³-hybridized carbons (Fsp3) is 0.429. The number of piperidine rings is 1. The predicted molar refractivity (Wildman–Crippen MR) is 105 cm³/mol. The topological polar surface area (TPSA) is 49.4 Å². The smallest absolute Gasteiger partial charge is 0.263 e. The Hall–Kier alpha value is -2.14. The van der Waals surface area contributed by atoms with E-state index in [-0.39, 0.29) is 23.8 Å². The van der Waals surface area contributed by atoms with E-state index in [1.165, 1.54) is 22.5 Å². The first kappa shape index (κ1) is 18.6. The summed E-state index contributed by atoms with van der Waals surface area (Å²) in [6.45, 7) is 7.39. The van der Waals surface area contributed by atoms with Gasteiger partial charge in [0, 0.05) is 13.1 Å². The van der Waals surface area contributed by atoms with Crippen LogP contribution in [-0.4, -0.2) is 29.8 Å². The van der Waals surface area contributed by atoms with Gasteiger partial charge in [-0.05, 0) is 56.2 Å². The molecule has 3 rings (SSSR count). The molecule has 2 aromatic rings. The third-order valence-corrected chi connectivity index (χ3v) is 5.93. The number of likely N-dealkylation sites (tertiary alicyclic amines) is 1. The van der Waals surface area contributed by atoms with Crippen LogP contribution in [0, 0.1) is 19.8 Å². The van der Waals surface area contributed by atoms with Gasteiger partial charge in [0.1, 0.15) is 0 Å². The van der Waals surface area contributed by atoms with Crippen LogP contribution in [0.2, 0.25) is 0 Å². The van der Waals surface area contributed by atoms with E-state index in [1.807, 2.05) is 29.3 Å². The van der Waals surface area contributed by atoms with Gasteiger partial charge in [0.25, 0.3) is 5.91 Å². The molecule has 138 valence electrons. The van der Waals surface area contributed by atoms with Crippen LogP contribution in [-0.2, 0) is 4.79 Å². The maximum atomic E-state index is 12.8. The number of benzene rings is 1. The number of carbonyl (C=O) groups excluding carboxylic acids is 2. The molecule has 1 aliphatic rings. The van der Waals surface area contributed by atoms with Crippen LogP contribution in [0.1, 0.15) is 52.2 Å². The second-order valence-electron chi connectivity index (χ2n) is 7.16. The van der Waals surface area contributed by atoms with E-state index >= 15 is 0 Å². The number of carbonyl (C=O) groups is 2. The van der Waals surface area contributed by atoms with Gasteiger partial charge in [-0.2, -0.15) is 0 Å². The van der Waals surface area contributed by atoms with Crippen molar-refractivity contribution in [3.63, 3.8) is 0 Å². The van der Waals surface area contributed by atoms with Crippen LogP contribution >= 0.6 is 11.3 Å². The molecule has 0 saturated carbocycles. The SMILES string of the molecule is Cc1ccc(C)c([C@@H](C)NC(=O)[C@@H]2CCCN(C(=O)c3cccs3)C2)c1. The minimum Gasteiger partial charge on any atom is -0.349 e. The van der Waals surface area contributed by atoms with Gasteiger partial charge in [0.05, 0.1) is 16.8 Å². The fourth-order valence-corrected chi connectivity index (χ4v) is 4.26. The standard InChI is InChI=1S/C21H26N2O2S/c1-14-8-9-15(2)18(12-14)16(3)22-20(24)17-6-4-10-23(13-17)21(25)19-7-5-11-26-19/h5,7-9,11-12,16-17H,4,6,10,13H2,1-3H3,(H,22,24)/t16-,17-/m1/s1. The molecule has 1 fully saturated rings. The zero-order valence-corrected chi connectivity index (χ0v) is 16.4. The molecule has 0 spiro atoms. The van der Waals surface area contributed by atoms with Gasteiger partial charge in [-0.1, -0.05) is 29.8 Å². The van der Waals surface area contributed by atoms with Crippen LogP contribution in [0.4, 0.5) is 0 Å². The summed E-state index contributed by atoms with van der Waals surface area (Å²) in [4.78, 5) is 27.9. The molecule has 0 radical (unpaired) electrons. The molecule has 4 nitrogen and oxygen atoms in total. The molecule has 26 heavy (non-hydrogen) atoms. The molecule has 1 N–H and O–H groups in total. The molecule has 1 aromatic carbocycles. The number of hydrogen-bond donors (Lipinski definition) is 1. The summed E-state index contributed by atoms with van der Waals surface area (Å²) in [5.74, 6) is -0.0533. The number of thiophene rings is 1. The van der Waals surface area contributed by atoms with Crippen molar-refractivity contribution in [2.45, 2.75) is 39.7 Å². The van der Waals surface area contributed by atoms with E-state index in [1.54, 1.807) is 0 Å². The molecule has 1 aromatic heterocycles. The monoisotopic (exact) mass is 370 g/mol. The van der Waals surface area contributed by atoms with E-state index in [0.717, 1.165) is 29.8 Å². The molecule has 2 heterocycles. The number of amides is 2. The normalized spacial score (nSPS) is 18.4. The lowest BCUT2D eigenvalue weighted by atomic mass is 9.95. The van der Waals surface area contributed by atoms with Crippen LogP contribution in [0.3, 0.4) is 0 Å². The van der Waals surface area contributed by atoms with Crippen LogP contribution in [0.25, 0.3) is 0 Å². The maximum absolute atomic E-state index is 12.8. The quantitative estimate of drug-likeness (QED) is 0.881. The summed E-state index contributed by atoms with van der Waals surface area (Å²) in [5, 5.41) is 5.06. The van der Waals surface area contributed by atoms with Crippen LogP contribution in [0.5, 0.6) is 0 Å². The molecular weight excluding hydrogens is 344 g/mol. The number of nitrogens with one attached hydrogen (secondary N) is 1. The van der Waals surface area contributed by atoms with Gasteiger partial charge in [0.2, 0.25) is 5.91 Å². The molecule has 1 aliphatic heterocycles. The van der Waals surface area contributed by atoms with Crippen molar-refractivity contribution >= 4 is 23.2 Å². The second-order valence-corrected chi connectivity index (χ2v) is 8.11. The Labute approximate surface area is 159 Å². The first-order valence-electron chi connectivity index (χ1n) is 9.16. The highest BCUT2D eigenvalue weighted by atomic mass is 32.1.